The van der Waals surface area contributed by atoms with E-state index < -0.39 is 0 Å². The zero-order valence-corrected chi connectivity index (χ0v) is 11.5. The normalized spacial score (nSPS) is 10.3. The molecule has 2 N–H and O–H groups in total. The second kappa shape index (κ2) is 6.35. The van der Waals surface area contributed by atoms with Crippen LogP contribution in [0.2, 0.25) is 0 Å². The van der Waals surface area contributed by atoms with E-state index in [1.54, 1.807) is 11.3 Å². The summed E-state index contributed by atoms with van der Waals surface area (Å²) < 4.78 is 0. The summed E-state index contributed by atoms with van der Waals surface area (Å²) in [6, 6.07) is 5.95. The molecule has 18 heavy (non-hydrogen) atoms. The molecule has 0 atom stereocenters. The third-order valence-electron chi connectivity index (χ3n) is 2.40. The van der Waals surface area contributed by atoms with E-state index in [0.29, 0.717) is 0 Å². The van der Waals surface area contributed by atoms with Crippen LogP contribution >= 0.6 is 11.3 Å². The summed E-state index contributed by atoms with van der Waals surface area (Å²) in [4.78, 5) is 10.0. The highest BCUT2D eigenvalue weighted by molar-refractivity contribution is 7.11. The van der Waals surface area contributed by atoms with E-state index in [4.69, 9.17) is 0 Å². The summed E-state index contributed by atoms with van der Waals surface area (Å²) in [6.45, 7) is 5.87. The molecule has 4 nitrogen and oxygen atoms in total. The Bertz CT molecular complexity index is 495. The van der Waals surface area contributed by atoms with E-state index in [-0.39, 0.29) is 0 Å². The molecular formula is C13H18N4S. The van der Waals surface area contributed by atoms with Crippen molar-refractivity contribution in [2.75, 3.05) is 17.2 Å². The van der Waals surface area contributed by atoms with Crippen molar-refractivity contribution in [3.8, 4) is 0 Å². The Morgan fingerprint density at radius 2 is 2.00 bits per heavy atom. The molecule has 96 valence electrons. The predicted molar refractivity (Wildman–Crippen MR) is 77.2 cm³/mol. The Morgan fingerprint density at radius 3 is 2.67 bits per heavy atom. The van der Waals surface area contributed by atoms with E-state index in [9.17, 15) is 0 Å². The number of nitrogens with one attached hydrogen (secondary N) is 2. The Hall–Kier alpha value is -1.62. The number of hydrogen-bond acceptors (Lipinski definition) is 5. The predicted octanol–water partition coefficient (Wildman–Crippen LogP) is 3.28. The van der Waals surface area contributed by atoms with Crippen LogP contribution in [0, 0.1) is 6.92 Å². The van der Waals surface area contributed by atoms with Crippen molar-refractivity contribution in [2.45, 2.75) is 26.8 Å². The van der Waals surface area contributed by atoms with E-state index in [2.05, 4.69) is 34.4 Å². The molecule has 0 amide bonds. The van der Waals surface area contributed by atoms with Crippen molar-refractivity contribution in [3.05, 3.63) is 34.3 Å². The van der Waals surface area contributed by atoms with Crippen LogP contribution in [0.15, 0.2) is 24.4 Å². The number of aryl methyl sites for hydroxylation is 1. The molecular weight excluding hydrogens is 244 g/mol. The third-order valence-corrected chi connectivity index (χ3v) is 3.31. The molecule has 0 fully saturated rings. The maximum absolute atomic E-state index is 4.49. The molecule has 0 aliphatic heterocycles. The fourth-order valence-electron chi connectivity index (χ4n) is 1.53. The number of hydrogen-bond donors (Lipinski definition) is 2. The molecule has 0 spiro atoms. The first-order valence-corrected chi connectivity index (χ1v) is 6.95. The van der Waals surface area contributed by atoms with Crippen LogP contribution in [0.1, 0.15) is 23.2 Å². The van der Waals surface area contributed by atoms with E-state index in [1.807, 2.05) is 24.4 Å². The van der Waals surface area contributed by atoms with Crippen LogP contribution in [0.4, 0.5) is 11.6 Å². The Balaban J connectivity index is 1.92. The molecule has 2 aromatic rings. The fraction of sp³-hybridized carbons (Fsp3) is 0.385. The number of aromatic nitrogens is 2. The maximum Gasteiger partial charge on any atom is 0.128 e. The number of nitrogens with zero attached hydrogens (tertiary/aromatic N) is 2. The zero-order chi connectivity index (χ0) is 12.8. The third kappa shape index (κ3) is 3.70. The van der Waals surface area contributed by atoms with Crippen LogP contribution in [-0.4, -0.2) is 16.5 Å². The van der Waals surface area contributed by atoms with Gasteiger partial charge in [0.05, 0.1) is 6.54 Å². The van der Waals surface area contributed by atoms with E-state index in [1.165, 1.54) is 4.88 Å². The number of pyridine rings is 1. The molecule has 0 radical (unpaired) electrons. The van der Waals surface area contributed by atoms with Crippen molar-refractivity contribution < 1.29 is 0 Å². The minimum absolute atomic E-state index is 0.725. The van der Waals surface area contributed by atoms with Gasteiger partial charge in [-0.15, -0.1) is 11.3 Å². The van der Waals surface area contributed by atoms with Crippen molar-refractivity contribution in [1.82, 2.24) is 9.97 Å². The van der Waals surface area contributed by atoms with Gasteiger partial charge in [-0.1, -0.05) is 13.0 Å². The fourth-order valence-corrected chi connectivity index (χ4v) is 2.26. The molecule has 0 bridgehead atoms. The van der Waals surface area contributed by atoms with Gasteiger partial charge in [-0.3, -0.25) is 0 Å². The van der Waals surface area contributed by atoms with Gasteiger partial charge in [-0.25, -0.2) is 9.97 Å². The maximum atomic E-state index is 4.49. The summed E-state index contributed by atoms with van der Waals surface area (Å²) in [6.07, 6.45) is 2.99. The van der Waals surface area contributed by atoms with Crippen LogP contribution < -0.4 is 10.6 Å². The van der Waals surface area contributed by atoms with Gasteiger partial charge in [-0.2, -0.15) is 0 Å². The lowest BCUT2D eigenvalue weighted by Crippen LogP contribution is -2.05. The summed E-state index contributed by atoms with van der Waals surface area (Å²) >= 11 is 1.71. The first-order chi connectivity index (χ1) is 8.78. The minimum atomic E-state index is 0.725. The lowest BCUT2D eigenvalue weighted by Gasteiger charge is -2.07. The van der Waals surface area contributed by atoms with Crippen molar-refractivity contribution in [3.63, 3.8) is 0 Å². The lowest BCUT2D eigenvalue weighted by atomic mass is 10.4. The average molecular weight is 262 g/mol. The van der Waals surface area contributed by atoms with Gasteiger partial charge in [0.25, 0.3) is 0 Å². The topological polar surface area (TPSA) is 49.8 Å². The standard InChI is InChI=1S/C13H18N4S/c1-3-7-14-11-5-4-6-12(17-11)15-9-13-16-8-10(2)18-13/h4-6,8H,3,7,9H2,1-2H3,(H2,14,15,17). The van der Waals surface area contributed by atoms with Crippen molar-refractivity contribution >= 4 is 23.0 Å². The average Bonchev–Trinajstić information content (AvgIpc) is 2.80. The summed E-state index contributed by atoms with van der Waals surface area (Å²) in [5.74, 6) is 1.79. The highest BCUT2D eigenvalue weighted by Crippen LogP contribution is 2.14. The van der Waals surface area contributed by atoms with E-state index >= 15 is 0 Å². The number of anilines is 2. The van der Waals surface area contributed by atoms with Crippen LogP contribution in [0.3, 0.4) is 0 Å². The van der Waals surface area contributed by atoms with Gasteiger partial charge in [0.1, 0.15) is 16.6 Å². The molecule has 5 heteroatoms. The molecule has 0 saturated heterocycles. The summed E-state index contributed by atoms with van der Waals surface area (Å²) in [5, 5.41) is 7.65. The van der Waals surface area contributed by atoms with E-state index in [0.717, 1.165) is 36.2 Å². The summed E-state index contributed by atoms with van der Waals surface area (Å²) in [7, 11) is 0. The zero-order valence-electron chi connectivity index (χ0n) is 10.7. The molecule has 0 saturated carbocycles. The molecule has 0 aliphatic carbocycles. The van der Waals surface area contributed by atoms with Gasteiger partial charge in [0.15, 0.2) is 0 Å². The molecule has 0 aliphatic rings. The first-order valence-electron chi connectivity index (χ1n) is 6.14. The highest BCUT2D eigenvalue weighted by Gasteiger charge is 2.00. The highest BCUT2D eigenvalue weighted by atomic mass is 32.1. The van der Waals surface area contributed by atoms with Gasteiger partial charge in [-0.05, 0) is 25.5 Å². The van der Waals surface area contributed by atoms with Gasteiger partial charge in [0.2, 0.25) is 0 Å². The van der Waals surface area contributed by atoms with Crippen LogP contribution in [0.25, 0.3) is 0 Å². The second-order valence-electron chi connectivity index (χ2n) is 4.05. The van der Waals surface area contributed by atoms with Crippen molar-refractivity contribution in [1.29, 1.82) is 0 Å². The molecule has 0 unspecified atom stereocenters. The molecule has 2 aromatic heterocycles. The number of thiazole rings is 1. The SMILES string of the molecule is CCCNc1cccc(NCc2ncc(C)s2)n1. The molecule has 0 aromatic carbocycles. The van der Waals surface area contributed by atoms with Crippen molar-refractivity contribution in [2.24, 2.45) is 0 Å². The Kier molecular flexibility index (Phi) is 4.52. The lowest BCUT2D eigenvalue weighted by molar-refractivity contribution is 0.967. The van der Waals surface area contributed by atoms with Gasteiger partial charge in [0, 0.05) is 17.6 Å². The Morgan fingerprint density at radius 1 is 1.22 bits per heavy atom. The van der Waals surface area contributed by atoms with Gasteiger partial charge >= 0.3 is 0 Å². The largest absolute Gasteiger partial charge is 0.370 e. The monoisotopic (exact) mass is 262 g/mol. The minimum Gasteiger partial charge on any atom is -0.370 e. The summed E-state index contributed by atoms with van der Waals surface area (Å²) in [5.41, 5.74) is 0. The van der Waals surface area contributed by atoms with Gasteiger partial charge < -0.3 is 10.6 Å². The first kappa shape index (κ1) is 12.8. The number of rotatable bonds is 6. The van der Waals surface area contributed by atoms with Crippen LogP contribution in [0.5, 0.6) is 0 Å². The molecule has 2 rings (SSSR count). The smallest absolute Gasteiger partial charge is 0.128 e. The van der Waals surface area contributed by atoms with Crippen LogP contribution in [-0.2, 0) is 6.54 Å². The Labute approximate surface area is 111 Å². The quantitative estimate of drug-likeness (QED) is 0.839. The second-order valence-corrected chi connectivity index (χ2v) is 5.37. The molecule has 2 heterocycles.